The van der Waals surface area contributed by atoms with Crippen molar-refractivity contribution in [3.63, 3.8) is 0 Å². The Morgan fingerprint density at radius 2 is 2.10 bits per heavy atom. The summed E-state index contributed by atoms with van der Waals surface area (Å²) in [4.78, 5) is 0. The quantitative estimate of drug-likeness (QED) is 0.693. The number of halogens is 2. The fraction of sp³-hybridized carbons (Fsp3) is 0.625. The van der Waals surface area contributed by atoms with Gasteiger partial charge >= 0.3 is 0 Å². The lowest BCUT2D eigenvalue weighted by Crippen LogP contribution is -2.34. The molecular formula is C16H25ClFNS. The highest BCUT2D eigenvalue weighted by atomic mass is 35.5. The molecular weight excluding hydrogens is 293 g/mol. The van der Waals surface area contributed by atoms with Crippen LogP contribution in [0, 0.1) is 5.82 Å². The van der Waals surface area contributed by atoms with Gasteiger partial charge in [0.15, 0.2) is 0 Å². The summed E-state index contributed by atoms with van der Waals surface area (Å²) in [6.07, 6.45) is 2.97. The third kappa shape index (κ3) is 6.47. The second-order valence-electron chi connectivity index (χ2n) is 5.14. The minimum atomic E-state index is -0.200. The SMILES string of the molecule is CCCNC(CSC(C)CC)Cc1ccc(Cl)cc1F. The van der Waals surface area contributed by atoms with Crippen molar-refractivity contribution in [2.75, 3.05) is 12.3 Å². The van der Waals surface area contributed by atoms with Crippen LogP contribution in [0.25, 0.3) is 0 Å². The fourth-order valence-corrected chi connectivity index (χ4v) is 3.08. The summed E-state index contributed by atoms with van der Waals surface area (Å²) in [5.41, 5.74) is 0.743. The molecule has 1 nitrogen and oxygen atoms in total. The van der Waals surface area contributed by atoms with Gasteiger partial charge in [-0.1, -0.05) is 38.4 Å². The average Bonchev–Trinajstić information content (AvgIpc) is 2.43. The maximum atomic E-state index is 13.9. The van der Waals surface area contributed by atoms with Gasteiger partial charge < -0.3 is 5.32 Å². The van der Waals surface area contributed by atoms with Gasteiger partial charge in [0.05, 0.1) is 0 Å². The van der Waals surface area contributed by atoms with E-state index in [1.807, 2.05) is 11.8 Å². The number of hydrogen-bond acceptors (Lipinski definition) is 2. The molecule has 1 aromatic rings. The third-order valence-corrected chi connectivity index (χ3v) is 5.05. The molecule has 0 aliphatic rings. The van der Waals surface area contributed by atoms with Gasteiger partial charge in [0, 0.05) is 22.1 Å². The van der Waals surface area contributed by atoms with Crippen LogP contribution in [-0.2, 0) is 6.42 Å². The van der Waals surface area contributed by atoms with E-state index < -0.39 is 0 Å². The van der Waals surface area contributed by atoms with E-state index in [-0.39, 0.29) is 5.82 Å². The Kier molecular flexibility index (Phi) is 8.58. The largest absolute Gasteiger partial charge is 0.313 e. The normalized spacial score (nSPS) is 14.2. The summed E-state index contributed by atoms with van der Waals surface area (Å²) < 4.78 is 13.9. The maximum absolute atomic E-state index is 13.9. The smallest absolute Gasteiger partial charge is 0.127 e. The third-order valence-electron chi connectivity index (χ3n) is 3.32. The van der Waals surface area contributed by atoms with Crippen LogP contribution >= 0.6 is 23.4 Å². The minimum absolute atomic E-state index is 0.200. The zero-order chi connectivity index (χ0) is 15.0. The standard InChI is InChI=1S/C16H25ClFNS/c1-4-8-19-15(11-20-12(3)5-2)9-13-6-7-14(17)10-16(13)18/h6-7,10,12,15,19H,4-5,8-9,11H2,1-3H3. The summed E-state index contributed by atoms with van der Waals surface area (Å²) in [5.74, 6) is 0.811. The number of benzene rings is 1. The first-order valence-electron chi connectivity index (χ1n) is 7.35. The van der Waals surface area contributed by atoms with Crippen LogP contribution in [0.5, 0.6) is 0 Å². The molecule has 2 atom stereocenters. The molecule has 0 saturated carbocycles. The molecule has 0 aliphatic carbocycles. The zero-order valence-corrected chi connectivity index (χ0v) is 14.2. The monoisotopic (exact) mass is 317 g/mol. The molecule has 0 bridgehead atoms. The van der Waals surface area contributed by atoms with Gasteiger partial charge in [0.25, 0.3) is 0 Å². The molecule has 0 aliphatic heterocycles. The highest BCUT2D eigenvalue weighted by molar-refractivity contribution is 7.99. The Hall–Kier alpha value is -0.250. The van der Waals surface area contributed by atoms with Crippen LogP contribution in [0.4, 0.5) is 4.39 Å². The van der Waals surface area contributed by atoms with Crippen LogP contribution in [0.2, 0.25) is 5.02 Å². The zero-order valence-electron chi connectivity index (χ0n) is 12.6. The summed E-state index contributed by atoms with van der Waals surface area (Å²) in [6.45, 7) is 7.56. The molecule has 0 aromatic heterocycles. The van der Waals surface area contributed by atoms with Gasteiger partial charge in [-0.05, 0) is 43.5 Å². The van der Waals surface area contributed by atoms with E-state index in [1.54, 1.807) is 12.1 Å². The Morgan fingerprint density at radius 3 is 2.70 bits per heavy atom. The molecule has 0 heterocycles. The first-order chi connectivity index (χ1) is 9.56. The molecule has 0 saturated heterocycles. The molecule has 114 valence electrons. The van der Waals surface area contributed by atoms with Gasteiger partial charge in [-0.15, -0.1) is 0 Å². The Balaban J connectivity index is 2.62. The Morgan fingerprint density at radius 1 is 1.35 bits per heavy atom. The van der Waals surface area contributed by atoms with Crippen molar-refractivity contribution in [1.29, 1.82) is 0 Å². The first-order valence-corrected chi connectivity index (χ1v) is 8.78. The van der Waals surface area contributed by atoms with E-state index in [0.717, 1.165) is 24.3 Å². The van der Waals surface area contributed by atoms with E-state index in [9.17, 15) is 4.39 Å². The van der Waals surface area contributed by atoms with Crippen molar-refractivity contribution in [2.24, 2.45) is 0 Å². The molecule has 1 N–H and O–H groups in total. The van der Waals surface area contributed by atoms with Gasteiger partial charge in [0.2, 0.25) is 0 Å². The number of thioether (sulfide) groups is 1. The van der Waals surface area contributed by atoms with Gasteiger partial charge in [-0.3, -0.25) is 0 Å². The molecule has 0 fully saturated rings. The predicted octanol–water partition coefficient (Wildman–Crippen LogP) is 4.92. The van der Waals surface area contributed by atoms with E-state index in [1.165, 1.54) is 12.5 Å². The molecule has 0 spiro atoms. The van der Waals surface area contributed by atoms with Crippen molar-refractivity contribution >= 4 is 23.4 Å². The van der Waals surface area contributed by atoms with E-state index in [2.05, 4.69) is 26.1 Å². The first kappa shape index (κ1) is 17.8. The summed E-state index contributed by atoms with van der Waals surface area (Å²) in [6, 6.07) is 5.27. The van der Waals surface area contributed by atoms with Crippen LogP contribution in [0.3, 0.4) is 0 Å². The van der Waals surface area contributed by atoms with Crippen molar-refractivity contribution in [3.8, 4) is 0 Å². The molecule has 4 heteroatoms. The maximum Gasteiger partial charge on any atom is 0.127 e. The molecule has 0 amide bonds. The topological polar surface area (TPSA) is 12.0 Å². The lowest BCUT2D eigenvalue weighted by molar-refractivity contribution is 0.530. The van der Waals surface area contributed by atoms with Crippen molar-refractivity contribution in [2.45, 2.75) is 51.3 Å². The Bertz CT molecular complexity index is 400. The highest BCUT2D eigenvalue weighted by Gasteiger charge is 2.13. The van der Waals surface area contributed by atoms with Gasteiger partial charge in [0.1, 0.15) is 5.82 Å². The van der Waals surface area contributed by atoms with Crippen LogP contribution < -0.4 is 5.32 Å². The van der Waals surface area contributed by atoms with Gasteiger partial charge in [-0.2, -0.15) is 11.8 Å². The molecule has 0 radical (unpaired) electrons. The highest BCUT2D eigenvalue weighted by Crippen LogP contribution is 2.19. The summed E-state index contributed by atoms with van der Waals surface area (Å²) in [5, 5.41) is 4.62. The molecule has 1 rings (SSSR count). The van der Waals surface area contributed by atoms with E-state index in [0.29, 0.717) is 22.7 Å². The minimum Gasteiger partial charge on any atom is -0.313 e. The van der Waals surface area contributed by atoms with Gasteiger partial charge in [-0.25, -0.2) is 4.39 Å². The molecule has 1 aromatic carbocycles. The number of hydrogen-bond donors (Lipinski definition) is 1. The average molecular weight is 318 g/mol. The van der Waals surface area contributed by atoms with Crippen molar-refractivity contribution < 1.29 is 4.39 Å². The second kappa shape index (κ2) is 9.64. The number of rotatable bonds is 9. The molecule has 20 heavy (non-hydrogen) atoms. The van der Waals surface area contributed by atoms with Crippen molar-refractivity contribution in [3.05, 3.63) is 34.6 Å². The van der Waals surface area contributed by atoms with Crippen LogP contribution in [-0.4, -0.2) is 23.6 Å². The molecule has 2 unspecified atom stereocenters. The number of nitrogens with one attached hydrogen (secondary N) is 1. The lowest BCUT2D eigenvalue weighted by Gasteiger charge is -2.20. The summed E-state index contributed by atoms with van der Waals surface area (Å²) >= 11 is 7.75. The van der Waals surface area contributed by atoms with Crippen LogP contribution in [0.1, 0.15) is 39.2 Å². The van der Waals surface area contributed by atoms with E-state index >= 15 is 0 Å². The lowest BCUT2D eigenvalue weighted by atomic mass is 10.1. The van der Waals surface area contributed by atoms with Crippen LogP contribution in [0.15, 0.2) is 18.2 Å². The fourth-order valence-electron chi connectivity index (χ4n) is 1.89. The Labute approximate surface area is 131 Å². The summed E-state index contributed by atoms with van der Waals surface area (Å²) in [7, 11) is 0. The second-order valence-corrected chi connectivity index (χ2v) is 7.05. The van der Waals surface area contributed by atoms with Crippen molar-refractivity contribution in [1.82, 2.24) is 5.32 Å². The predicted molar refractivity (Wildman–Crippen MR) is 89.4 cm³/mol. The van der Waals surface area contributed by atoms with E-state index in [4.69, 9.17) is 11.6 Å².